The fraction of sp³-hybridized carbons (Fsp3) is 0.0909. The molecule has 0 fully saturated rings. The van der Waals surface area contributed by atoms with E-state index in [4.69, 9.17) is 0 Å². The van der Waals surface area contributed by atoms with Gasteiger partial charge < -0.3 is 5.32 Å². The van der Waals surface area contributed by atoms with Crippen LogP contribution in [0.5, 0.6) is 0 Å². The third kappa shape index (κ3) is 3.77. The Morgan fingerprint density at radius 1 is 1.03 bits per heavy atom. The highest BCUT2D eigenvalue weighted by atomic mass is 32.2. The lowest BCUT2D eigenvalue weighted by Gasteiger charge is -2.11. The molecule has 0 bridgehead atoms. The summed E-state index contributed by atoms with van der Waals surface area (Å²) in [6.45, 7) is 1.79. The van der Waals surface area contributed by atoms with Gasteiger partial charge in [-0.05, 0) is 61.7 Å². The number of aromatic nitrogens is 3. The lowest BCUT2D eigenvalue weighted by atomic mass is 10.1. The van der Waals surface area contributed by atoms with Crippen molar-refractivity contribution < 1.29 is 4.79 Å². The van der Waals surface area contributed by atoms with Crippen LogP contribution in [0.15, 0.2) is 76.7 Å². The molecular weight excluding hydrogens is 384 g/mol. The highest BCUT2D eigenvalue weighted by Gasteiger charge is 2.11. The van der Waals surface area contributed by atoms with E-state index < -0.39 is 0 Å². The van der Waals surface area contributed by atoms with Gasteiger partial charge in [-0.3, -0.25) is 14.2 Å². The lowest BCUT2D eigenvalue weighted by molar-refractivity contribution is 0.102. The van der Waals surface area contributed by atoms with Gasteiger partial charge in [0.05, 0.1) is 33.5 Å². The second-order valence-electron chi connectivity index (χ2n) is 6.41. The SMILES string of the molecule is CSc1ccc(NC(=O)c2ccc(-n3c(C)nc4ccccc4c3=O)cc2)cn1. The number of rotatable bonds is 4. The number of amides is 1. The maximum absolute atomic E-state index is 12.9. The molecule has 1 N–H and O–H groups in total. The number of nitrogens with one attached hydrogen (secondary N) is 1. The molecule has 4 rings (SSSR count). The quantitative estimate of drug-likeness (QED) is 0.521. The molecule has 4 aromatic rings. The summed E-state index contributed by atoms with van der Waals surface area (Å²) in [7, 11) is 0. The summed E-state index contributed by atoms with van der Waals surface area (Å²) in [6, 6.07) is 17.8. The topological polar surface area (TPSA) is 76.9 Å². The first kappa shape index (κ1) is 18.9. The van der Waals surface area contributed by atoms with Crippen LogP contribution < -0.4 is 10.9 Å². The standard InChI is InChI=1S/C22H18N4O2S/c1-14-24-19-6-4-3-5-18(19)22(28)26(14)17-10-7-15(8-11-17)21(27)25-16-9-12-20(29-2)23-13-16/h3-13H,1-2H3,(H,25,27). The molecule has 0 atom stereocenters. The Kier molecular flexibility index (Phi) is 5.14. The van der Waals surface area contributed by atoms with Crippen LogP contribution in [-0.2, 0) is 0 Å². The van der Waals surface area contributed by atoms with E-state index >= 15 is 0 Å². The lowest BCUT2D eigenvalue weighted by Crippen LogP contribution is -2.22. The van der Waals surface area contributed by atoms with Gasteiger partial charge in [0.25, 0.3) is 11.5 Å². The molecule has 0 aliphatic carbocycles. The van der Waals surface area contributed by atoms with Gasteiger partial charge in [0.2, 0.25) is 0 Å². The van der Waals surface area contributed by atoms with Crippen LogP contribution in [0.25, 0.3) is 16.6 Å². The van der Waals surface area contributed by atoms with E-state index in [0.29, 0.717) is 33.7 Å². The number of carbonyl (C=O) groups excluding carboxylic acids is 1. The Bertz CT molecular complexity index is 1250. The van der Waals surface area contributed by atoms with Crippen molar-refractivity contribution in [3.05, 3.63) is 88.6 Å². The van der Waals surface area contributed by atoms with Gasteiger partial charge in [0, 0.05) is 5.56 Å². The van der Waals surface area contributed by atoms with Gasteiger partial charge in [-0.2, -0.15) is 0 Å². The number of anilines is 1. The van der Waals surface area contributed by atoms with Crippen LogP contribution in [0, 0.1) is 6.92 Å². The summed E-state index contributed by atoms with van der Waals surface area (Å²) in [4.78, 5) is 34.2. The van der Waals surface area contributed by atoms with Crippen molar-refractivity contribution >= 4 is 34.3 Å². The van der Waals surface area contributed by atoms with Crippen molar-refractivity contribution in [2.24, 2.45) is 0 Å². The van der Waals surface area contributed by atoms with Gasteiger partial charge >= 0.3 is 0 Å². The minimum atomic E-state index is -0.240. The number of nitrogens with zero attached hydrogens (tertiary/aromatic N) is 3. The van der Waals surface area contributed by atoms with Gasteiger partial charge in [0.15, 0.2) is 0 Å². The third-order valence-electron chi connectivity index (χ3n) is 4.53. The molecule has 0 aliphatic rings. The van der Waals surface area contributed by atoms with Gasteiger partial charge in [-0.1, -0.05) is 12.1 Å². The fourth-order valence-corrected chi connectivity index (χ4v) is 3.45. The second-order valence-corrected chi connectivity index (χ2v) is 7.23. The smallest absolute Gasteiger partial charge is 0.265 e. The average Bonchev–Trinajstić information content (AvgIpc) is 2.75. The molecule has 29 heavy (non-hydrogen) atoms. The summed E-state index contributed by atoms with van der Waals surface area (Å²) in [5.41, 5.74) is 2.31. The number of benzene rings is 2. The molecule has 0 saturated heterocycles. The largest absolute Gasteiger partial charge is 0.321 e. The van der Waals surface area contributed by atoms with Crippen molar-refractivity contribution in [2.75, 3.05) is 11.6 Å². The summed E-state index contributed by atoms with van der Waals surface area (Å²) in [5.74, 6) is 0.349. The molecule has 2 heterocycles. The van der Waals surface area contributed by atoms with Gasteiger partial charge in [0.1, 0.15) is 5.82 Å². The van der Waals surface area contributed by atoms with E-state index in [1.54, 1.807) is 48.0 Å². The Morgan fingerprint density at radius 2 is 1.79 bits per heavy atom. The molecule has 0 unspecified atom stereocenters. The minimum Gasteiger partial charge on any atom is -0.321 e. The fourth-order valence-electron chi connectivity index (χ4n) is 3.09. The van der Waals surface area contributed by atoms with Crippen molar-refractivity contribution in [3.63, 3.8) is 0 Å². The van der Waals surface area contributed by atoms with Crippen LogP contribution >= 0.6 is 11.8 Å². The van der Waals surface area contributed by atoms with Crippen molar-refractivity contribution in [3.8, 4) is 5.69 Å². The van der Waals surface area contributed by atoms with Crippen LogP contribution in [-0.4, -0.2) is 26.7 Å². The van der Waals surface area contributed by atoms with E-state index in [2.05, 4.69) is 15.3 Å². The third-order valence-corrected chi connectivity index (χ3v) is 5.19. The highest BCUT2D eigenvalue weighted by Crippen LogP contribution is 2.16. The Balaban J connectivity index is 1.61. The van der Waals surface area contributed by atoms with E-state index in [1.165, 1.54) is 11.8 Å². The number of pyridine rings is 1. The number of carbonyl (C=O) groups is 1. The Hall–Kier alpha value is -3.45. The molecule has 2 aromatic carbocycles. The molecule has 0 aliphatic heterocycles. The first-order valence-electron chi connectivity index (χ1n) is 8.97. The molecule has 2 aromatic heterocycles. The number of aryl methyl sites for hydroxylation is 1. The number of fused-ring (bicyclic) bond motifs is 1. The second kappa shape index (κ2) is 7.89. The van der Waals surface area contributed by atoms with E-state index in [1.807, 2.05) is 36.6 Å². The van der Waals surface area contributed by atoms with Crippen LogP contribution in [0.2, 0.25) is 0 Å². The summed E-state index contributed by atoms with van der Waals surface area (Å²) in [5, 5.41) is 4.27. The van der Waals surface area contributed by atoms with Crippen LogP contribution in [0.4, 0.5) is 5.69 Å². The number of thioether (sulfide) groups is 1. The molecule has 0 radical (unpaired) electrons. The van der Waals surface area contributed by atoms with E-state index in [-0.39, 0.29) is 11.5 Å². The van der Waals surface area contributed by atoms with Crippen LogP contribution in [0.1, 0.15) is 16.2 Å². The molecule has 0 spiro atoms. The first-order valence-corrected chi connectivity index (χ1v) is 10.2. The number of hydrogen-bond donors (Lipinski definition) is 1. The van der Waals surface area contributed by atoms with Crippen molar-refractivity contribution in [1.82, 2.24) is 14.5 Å². The number of para-hydroxylation sites is 1. The zero-order valence-corrected chi connectivity index (χ0v) is 16.7. The van der Waals surface area contributed by atoms with Gasteiger partial charge in [-0.25, -0.2) is 9.97 Å². The maximum Gasteiger partial charge on any atom is 0.265 e. The minimum absolute atomic E-state index is 0.134. The van der Waals surface area contributed by atoms with E-state index in [0.717, 1.165) is 5.03 Å². The molecule has 144 valence electrons. The maximum atomic E-state index is 12.9. The highest BCUT2D eigenvalue weighted by molar-refractivity contribution is 7.98. The summed E-state index contributed by atoms with van der Waals surface area (Å²) in [6.07, 6.45) is 3.57. The predicted octanol–water partition coefficient (Wildman–Crippen LogP) is 4.06. The first-order chi connectivity index (χ1) is 14.1. The van der Waals surface area contributed by atoms with E-state index in [9.17, 15) is 9.59 Å². The zero-order valence-electron chi connectivity index (χ0n) is 15.9. The Morgan fingerprint density at radius 3 is 2.48 bits per heavy atom. The predicted molar refractivity (Wildman–Crippen MR) is 116 cm³/mol. The molecule has 0 saturated carbocycles. The van der Waals surface area contributed by atoms with Crippen molar-refractivity contribution in [1.29, 1.82) is 0 Å². The van der Waals surface area contributed by atoms with Crippen molar-refractivity contribution in [2.45, 2.75) is 11.9 Å². The molecule has 1 amide bonds. The summed E-state index contributed by atoms with van der Waals surface area (Å²) < 4.78 is 1.55. The monoisotopic (exact) mass is 402 g/mol. The molecular formula is C22H18N4O2S. The van der Waals surface area contributed by atoms with Gasteiger partial charge in [-0.15, -0.1) is 11.8 Å². The molecule has 6 nitrogen and oxygen atoms in total. The zero-order chi connectivity index (χ0) is 20.4. The normalized spacial score (nSPS) is 10.8. The summed E-state index contributed by atoms with van der Waals surface area (Å²) >= 11 is 1.54. The number of hydrogen-bond acceptors (Lipinski definition) is 5. The van der Waals surface area contributed by atoms with Crippen LogP contribution in [0.3, 0.4) is 0 Å². The molecule has 7 heteroatoms. The Labute approximate surface area is 171 Å². The average molecular weight is 402 g/mol.